The van der Waals surface area contributed by atoms with Crippen LogP contribution < -0.4 is 15.6 Å². The highest BCUT2D eigenvalue weighted by atomic mass is 16.5. The topological polar surface area (TPSA) is 105 Å². The monoisotopic (exact) mass is 330 g/mol. The molecular weight excluding hydrogens is 312 g/mol. The Kier molecular flexibility index (Phi) is 4.24. The average molecular weight is 330 g/mol. The molecule has 3 N–H and O–H groups in total. The van der Waals surface area contributed by atoms with E-state index in [9.17, 15) is 19.5 Å². The number of carboxylic acids is 1. The van der Waals surface area contributed by atoms with Gasteiger partial charge in [-0.1, -0.05) is 12.2 Å². The molecule has 0 aromatic heterocycles. The summed E-state index contributed by atoms with van der Waals surface area (Å²) in [6, 6.07) is 6.41. The molecule has 0 aliphatic heterocycles. The SMILES string of the molecule is COc1ccc(C(=O)NNC(=O)[C@@H]2[C@H](C(=O)O)[C@H]3C=C[C@H]2C3)cc1. The highest BCUT2D eigenvalue weighted by Gasteiger charge is 2.51. The van der Waals surface area contributed by atoms with Gasteiger partial charge in [0.15, 0.2) is 0 Å². The van der Waals surface area contributed by atoms with Crippen molar-refractivity contribution in [3.63, 3.8) is 0 Å². The van der Waals surface area contributed by atoms with Crippen molar-refractivity contribution in [2.24, 2.45) is 23.7 Å². The molecule has 1 saturated carbocycles. The number of amides is 2. The van der Waals surface area contributed by atoms with Crippen molar-refractivity contribution in [1.82, 2.24) is 10.9 Å². The van der Waals surface area contributed by atoms with E-state index in [0.29, 0.717) is 17.7 Å². The number of methoxy groups -OCH3 is 1. The van der Waals surface area contributed by atoms with Gasteiger partial charge in [0.25, 0.3) is 5.91 Å². The fourth-order valence-corrected chi connectivity index (χ4v) is 3.53. The van der Waals surface area contributed by atoms with E-state index in [-0.39, 0.29) is 11.8 Å². The maximum atomic E-state index is 12.3. The minimum atomic E-state index is -0.978. The predicted molar refractivity (Wildman–Crippen MR) is 84.0 cm³/mol. The van der Waals surface area contributed by atoms with Crippen LogP contribution >= 0.6 is 0 Å². The summed E-state index contributed by atoms with van der Waals surface area (Å²) in [5.41, 5.74) is 5.05. The highest BCUT2D eigenvalue weighted by molar-refractivity contribution is 5.96. The second kappa shape index (κ2) is 6.35. The smallest absolute Gasteiger partial charge is 0.307 e. The van der Waals surface area contributed by atoms with Crippen molar-refractivity contribution in [2.45, 2.75) is 6.42 Å². The summed E-state index contributed by atoms with van der Waals surface area (Å²) >= 11 is 0. The van der Waals surface area contributed by atoms with Gasteiger partial charge in [0.2, 0.25) is 5.91 Å². The first-order valence-corrected chi connectivity index (χ1v) is 7.66. The highest BCUT2D eigenvalue weighted by Crippen LogP contribution is 2.48. The number of hydrogen-bond acceptors (Lipinski definition) is 4. The van der Waals surface area contributed by atoms with Gasteiger partial charge in [0.1, 0.15) is 5.75 Å². The maximum absolute atomic E-state index is 12.3. The van der Waals surface area contributed by atoms with Gasteiger partial charge in [0, 0.05) is 5.56 Å². The third-order valence-corrected chi connectivity index (χ3v) is 4.70. The molecule has 1 aromatic carbocycles. The normalized spacial score (nSPS) is 26.9. The number of allylic oxidation sites excluding steroid dienone is 2. The molecule has 2 amide bonds. The van der Waals surface area contributed by atoms with Gasteiger partial charge in [-0.15, -0.1) is 0 Å². The Hall–Kier alpha value is -2.83. The fraction of sp³-hybridized carbons (Fsp3) is 0.353. The van der Waals surface area contributed by atoms with Gasteiger partial charge in [0.05, 0.1) is 18.9 Å². The molecule has 3 rings (SSSR count). The van der Waals surface area contributed by atoms with Gasteiger partial charge in [-0.3, -0.25) is 25.2 Å². The number of carbonyl (C=O) groups excluding carboxylic acids is 2. The Morgan fingerprint density at radius 2 is 1.67 bits per heavy atom. The van der Waals surface area contributed by atoms with Crippen LogP contribution in [-0.2, 0) is 9.59 Å². The van der Waals surface area contributed by atoms with E-state index in [1.807, 2.05) is 12.2 Å². The second-order valence-electron chi connectivity index (χ2n) is 6.01. The van der Waals surface area contributed by atoms with Crippen LogP contribution in [0.1, 0.15) is 16.8 Å². The zero-order valence-electron chi connectivity index (χ0n) is 13.1. The van der Waals surface area contributed by atoms with Gasteiger partial charge in [-0.2, -0.15) is 0 Å². The van der Waals surface area contributed by atoms with Crippen LogP contribution in [0, 0.1) is 23.7 Å². The number of nitrogens with one attached hydrogen (secondary N) is 2. The molecule has 0 saturated heterocycles. The molecule has 1 fully saturated rings. The molecule has 0 unspecified atom stereocenters. The zero-order chi connectivity index (χ0) is 17.3. The molecule has 7 heteroatoms. The fourth-order valence-electron chi connectivity index (χ4n) is 3.53. The molecule has 24 heavy (non-hydrogen) atoms. The van der Waals surface area contributed by atoms with Crippen LogP contribution in [0.15, 0.2) is 36.4 Å². The van der Waals surface area contributed by atoms with Gasteiger partial charge < -0.3 is 9.84 Å². The lowest BCUT2D eigenvalue weighted by Crippen LogP contribution is -2.48. The number of rotatable bonds is 4. The first-order valence-electron chi connectivity index (χ1n) is 7.66. The van der Waals surface area contributed by atoms with Gasteiger partial charge in [-0.25, -0.2) is 0 Å². The average Bonchev–Trinajstić information content (AvgIpc) is 3.20. The molecule has 0 heterocycles. The second-order valence-corrected chi connectivity index (χ2v) is 6.01. The quantitative estimate of drug-likeness (QED) is 0.564. The van der Waals surface area contributed by atoms with Crippen molar-refractivity contribution in [2.75, 3.05) is 7.11 Å². The standard InChI is InChI=1S/C17H18N2O5/c1-24-12-6-4-9(5-7-12)15(20)18-19-16(21)13-10-2-3-11(8-10)14(13)17(22)23/h2-7,10-11,13-14H,8H2,1H3,(H,18,20)(H,19,21)(H,22,23)/t10-,11-,13-,14+/m0/s1. The Morgan fingerprint density at radius 3 is 2.25 bits per heavy atom. The van der Waals surface area contributed by atoms with Crippen molar-refractivity contribution in [3.05, 3.63) is 42.0 Å². The van der Waals surface area contributed by atoms with Crippen LogP contribution in [0.4, 0.5) is 0 Å². The molecule has 4 atom stereocenters. The summed E-state index contributed by atoms with van der Waals surface area (Å²) < 4.78 is 5.01. The number of benzene rings is 1. The van der Waals surface area contributed by atoms with E-state index in [1.165, 1.54) is 7.11 Å². The third-order valence-electron chi connectivity index (χ3n) is 4.70. The molecule has 126 valence electrons. The third kappa shape index (κ3) is 2.84. The van der Waals surface area contributed by atoms with Gasteiger partial charge >= 0.3 is 5.97 Å². The minimum absolute atomic E-state index is 0.0889. The number of carboxylic acid groups (broad SMARTS) is 1. The minimum Gasteiger partial charge on any atom is -0.497 e. The number of fused-ring (bicyclic) bond motifs is 2. The van der Waals surface area contributed by atoms with Gasteiger partial charge in [-0.05, 0) is 42.5 Å². The predicted octanol–water partition coefficient (Wildman–Crippen LogP) is 0.979. The van der Waals surface area contributed by atoms with Crippen LogP contribution in [0.3, 0.4) is 0 Å². The van der Waals surface area contributed by atoms with Crippen molar-refractivity contribution < 1.29 is 24.2 Å². The van der Waals surface area contributed by atoms with Crippen molar-refractivity contribution in [3.8, 4) is 5.75 Å². The van der Waals surface area contributed by atoms with Crippen LogP contribution in [-0.4, -0.2) is 30.0 Å². The number of aliphatic carboxylic acids is 1. The lowest BCUT2D eigenvalue weighted by molar-refractivity contribution is -0.148. The Morgan fingerprint density at radius 1 is 1.04 bits per heavy atom. The lowest BCUT2D eigenvalue weighted by Gasteiger charge is -2.23. The zero-order valence-corrected chi connectivity index (χ0v) is 13.1. The molecule has 0 spiro atoms. The van der Waals surface area contributed by atoms with E-state index in [4.69, 9.17) is 4.74 Å². The van der Waals surface area contributed by atoms with Crippen molar-refractivity contribution in [1.29, 1.82) is 0 Å². The van der Waals surface area contributed by atoms with E-state index in [2.05, 4.69) is 10.9 Å². The summed E-state index contributed by atoms with van der Waals surface area (Å²) in [4.78, 5) is 35.8. The van der Waals surface area contributed by atoms with E-state index in [1.54, 1.807) is 24.3 Å². The lowest BCUT2D eigenvalue weighted by atomic mass is 9.82. The molecule has 2 aliphatic rings. The van der Waals surface area contributed by atoms with Crippen LogP contribution in [0.5, 0.6) is 5.75 Å². The summed E-state index contributed by atoms with van der Waals surface area (Å²) in [5.74, 6) is -2.90. The van der Waals surface area contributed by atoms with E-state index in [0.717, 1.165) is 0 Å². The van der Waals surface area contributed by atoms with E-state index >= 15 is 0 Å². The molecule has 7 nitrogen and oxygen atoms in total. The molecule has 0 radical (unpaired) electrons. The summed E-state index contributed by atoms with van der Waals surface area (Å²) in [5, 5.41) is 9.35. The van der Waals surface area contributed by atoms with Crippen LogP contribution in [0.25, 0.3) is 0 Å². The number of hydrazine groups is 1. The van der Waals surface area contributed by atoms with Crippen LogP contribution in [0.2, 0.25) is 0 Å². The summed E-state index contributed by atoms with van der Waals surface area (Å²) in [6.07, 6.45) is 4.42. The molecular formula is C17H18N2O5. The molecule has 1 aromatic rings. The largest absolute Gasteiger partial charge is 0.497 e. The van der Waals surface area contributed by atoms with Crippen molar-refractivity contribution >= 4 is 17.8 Å². The number of hydrogen-bond donors (Lipinski definition) is 3. The first-order chi connectivity index (χ1) is 11.5. The maximum Gasteiger partial charge on any atom is 0.307 e. The Bertz CT molecular complexity index is 697. The molecule has 2 bridgehead atoms. The number of carbonyl (C=O) groups is 3. The number of ether oxygens (including phenoxy) is 1. The van der Waals surface area contributed by atoms with E-state index < -0.39 is 29.6 Å². The Labute approximate surface area is 138 Å². The Balaban J connectivity index is 1.61. The molecule has 2 aliphatic carbocycles. The first kappa shape index (κ1) is 16.0. The summed E-state index contributed by atoms with van der Waals surface area (Å²) in [6.45, 7) is 0. The summed E-state index contributed by atoms with van der Waals surface area (Å²) in [7, 11) is 1.53.